The van der Waals surface area contributed by atoms with Gasteiger partial charge in [-0.3, -0.25) is 14.5 Å². The fourth-order valence-corrected chi connectivity index (χ4v) is 6.91. The number of benzene rings is 2. The number of rotatable bonds is 7. The molecule has 1 unspecified atom stereocenters. The summed E-state index contributed by atoms with van der Waals surface area (Å²) in [6.07, 6.45) is 0.679. The highest BCUT2D eigenvalue weighted by molar-refractivity contribution is 8.01. The van der Waals surface area contributed by atoms with E-state index in [1.165, 1.54) is 13.2 Å². The number of amides is 1. The summed E-state index contributed by atoms with van der Waals surface area (Å²) in [6.45, 7) is 3.93. The number of Topliss-reactive ketones (excluding diaryl/α,β-unsaturated/α-hetero) is 1. The van der Waals surface area contributed by atoms with Crippen molar-refractivity contribution in [3.8, 4) is 6.07 Å². The highest BCUT2D eigenvalue weighted by Gasteiger charge is 2.46. The van der Waals surface area contributed by atoms with Crippen molar-refractivity contribution < 1.29 is 23.5 Å². The summed E-state index contributed by atoms with van der Waals surface area (Å²) in [5.74, 6) is -2.34. The second-order valence-corrected chi connectivity index (χ2v) is 12.9. The van der Waals surface area contributed by atoms with E-state index in [4.69, 9.17) is 5.73 Å². The molecule has 2 heterocycles. The molecule has 0 saturated carbocycles. The average molecular weight is 619 g/mol. The molecule has 0 saturated heterocycles. The molecule has 1 aromatic heterocycles. The minimum atomic E-state index is -0.937. The van der Waals surface area contributed by atoms with E-state index in [9.17, 15) is 19.6 Å². The first-order chi connectivity index (χ1) is 20.5. The van der Waals surface area contributed by atoms with Crippen LogP contribution in [0.15, 0.2) is 75.5 Å². The largest absolute Gasteiger partial charge is 0.465 e. The maximum absolute atomic E-state index is 15.0. The average Bonchev–Trinajstić information content (AvgIpc) is 3.43. The minimum Gasteiger partial charge on any atom is -0.465 e. The molecule has 1 amide bonds. The summed E-state index contributed by atoms with van der Waals surface area (Å²) in [5, 5.41) is 21.8. The first-order valence-electron chi connectivity index (χ1n) is 13.2. The number of thioether (sulfide) groups is 1. The van der Waals surface area contributed by atoms with Crippen LogP contribution in [0.5, 0.6) is 0 Å². The third-order valence-corrected chi connectivity index (χ3v) is 9.14. The predicted octanol–water partition coefficient (Wildman–Crippen LogP) is 5.14. The van der Waals surface area contributed by atoms with Gasteiger partial charge in [-0.2, -0.15) is 5.26 Å². The van der Waals surface area contributed by atoms with Crippen LogP contribution in [0.3, 0.4) is 0 Å². The normalized spacial score (nSPS) is 17.8. The lowest BCUT2D eigenvalue weighted by molar-refractivity contribution is -0.118. The predicted molar refractivity (Wildman–Crippen MR) is 161 cm³/mol. The maximum Gasteiger partial charge on any atom is 0.337 e. The molecule has 10 nitrogen and oxygen atoms in total. The quantitative estimate of drug-likeness (QED) is 0.269. The SMILES string of the molecule is COC(=O)c1ccc(NC(=O)CSc2nnc(N3C(N)=C(C#N)C(c4ccccc4F)C4=C3CC(C)(C)CC4=O)s2)cc1. The number of methoxy groups -OCH3 is 1. The lowest BCUT2D eigenvalue weighted by atomic mass is 9.68. The molecule has 1 aliphatic heterocycles. The Labute approximate surface area is 255 Å². The van der Waals surface area contributed by atoms with Gasteiger partial charge < -0.3 is 15.8 Å². The van der Waals surface area contributed by atoms with Crippen molar-refractivity contribution in [2.24, 2.45) is 11.1 Å². The number of nitrogens with two attached hydrogens (primary N) is 1. The molecule has 0 radical (unpaired) electrons. The van der Waals surface area contributed by atoms with Gasteiger partial charge in [0.15, 0.2) is 10.1 Å². The number of allylic oxidation sites excluding steroid dienone is 3. The first-order valence-corrected chi connectivity index (χ1v) is 15.0. The number of anilines is 2. The van der Waals surface area contributed by atoms with E-state index in [1.807, 2.05) is 13.8 Å². The van der Waals surface area contributed by atoms with Crippen molar-refractivity contribution in [1.82, 2.24) is 10.2 Å². The molecule has 3 N–H and O–H groups in total. The van der Waals surface area contributed by atoms with Gasteiger partial charge in [0.25, 0.3) is 0 Å². The molecule has 2 aromatic carbocycles. The molecule has 43 heavy (non-hydrogen) atoms. The van der Waals surface area contributed by atoms with Crippen LogP contribution in [-0.4, -0.2) is 40.7 Å². The molecule has 1 atom stereocenters. The lowest BCUT2D eigenvalue weighted by Crippen LogP contribution is -2.42. The monoisotopic (exact) mass is 618 g/mol. The van der Waals surface area contributed by atoms with Crippen molar-refractivity contribution >= 4 is 51.6 Å². The van der Waals surface area contributed by atoms with Crippen LogP contribution < -0.4 is 16.0 Å². The minimum absolute atomic E-state index is 0.0248. The fourth-order valence-electron chi connectivity index (χ4n) is 5.23. The van der Waals surface area contributed by atoms with Crippen LogP contribution in [0.4, 0.5) is 15.2 Å². The number of hydrogen-bond donors (Lipinski definition) is 2. The molecular weight excluding hydrogens is 592 g/mol. The Kier molecular flexibility index (Phi) is 8.34. The summed E-state index contributed by atoms with van der Waals surface area (Å²) in [7, 11) is 1.29. The van der Waals surface area contributed by atoms with E-state index in [1.54, 1.807) is 47.4 Å². The Hall–Kier alpha value is -4.54. The summed E-state index contributed by atoms with van der Waals surface area (Å²) in [5.41, 5.74) is 8.22. The molecule has 3 aromatic rings. The fraction of sp³-hybridized carbons (Fsp3) is 0.267. The molecule has 2 aliphatic rings. The summed E-state index contributed by atoms with van der Waals surface area (Å²) < 4.78 is 20.2. The Morgan fingerprint density at radius 3 is 2.60 bits per heavy atom. The van der Waals surface area contributed by atoms with Crippen molar-refractivity contribution in [3.05, 3.63) is 88.1 Å². The van der Waals surface area contributed by atoms with Gasteiger partial charge in [0, 0.05) is 28.9 Å². The van der Waals surface area contributed by atoms with E-state index in [0.29, 0.717) is 38.4 Å². The van der Waals surface area contributed by atoms with Crippen molar-refractivity contribution in [1.29, 1.82) is 5.26 Å². The molecule has 13 heteroatoms. The number of nitrogens with zero attached hydrogens (tertiary/aromatic N) is 4. The Morgan fingerprint density at radius 1 is 1.21 bits per heavy atom. The van der Waals surface area contributed by atoms with Gasteiger partial charge in [-0.15, -0.1) is 10.2 Å². The molecule has 5 rings (SSSR count). The van der Waals surface area contributed by atoms with Gasteiger partial charge >= 0.3 is 5.97 Å². The highest BCUT2D eigenvalue weighted by atomic mass is 32.2. The lowest BCUT2D eigenvalue weighted by Gasteiger charge is -2.42. The number of halogens is 1. The Balaban J connectivity index is 1.41. The van der Waals surface area contributed by atoms with Crippen LogP contribution in [0.1, 0.15) is 48.5 Å². The van der Waals surface area contributed by atoms with E-state index in [2.05, 4.69) is 26.3 Å². The number of nitriles is 1. The van der Waals surface area contributed by atoms with Crippen molar-refractivity contribution in [2.45, 2.75) is 36.9 Å². The van der Waals surface area contributed by atoms with Crippen LogP contribution in [0, 0.1) is 22.6 Å². The number of ketones is 1. The molecule has 220 valence electrons. The van der Waals surface area contributed by atoms with Crippen LogP contribution in [0.25, 0.3) is 0 Å². The smallest absolute Gasteiger partial charge is 0.337 e. The van der Waals surface area contributed by atoms with Crippen molar-refractivity contribution in [3.63, 3.8) is 0 Å². The number of hydrogen-bond acceptors (Lipinski definition) is 11. The summed E-state index contributed by atoms with van der Waals surface area (Å²) in [6, 6.07) is 14.5. The van der Waals surface area contributed by atoms with Gasteiger partial charge in [-0.05, 0) is 42.2 Å². The first kappa shape index (κ1) is 29.9. The second kappa shape index (κ2) is 12.0. The second-order valence-electron chi connectivity index (χ2n) is 10.8. The number of ether oxygens (including phenoxy) is 1. The van der Waals surface area contributed by atoms with Gasteiger partial charge in [-0.1, -0.05) is 55.1 Å². The standard InChI is InChI=1S/C30H27FN6O4S2/c1-30(2)12-21-25(22(38)13-30)24(18-6-4-5-7-20(18)31)19(14-32)26(33)37(21)28-35-36-29(43-28)42-15-23(39)34-17-10-8-16(9-11-17)27(40)41-3/h4-11,24H,12-13,15,33H2,1-3H3,(H,34,39). The van der Waals surface area contributed by atoms with Crippen LogP contribution >= 0.6 is 23.1 Å². The van der Waals surface area contributed by atoms with E-state index < -0.39 is 23.1 Å². The number of esters is 1. The van der Waals surface area contributed by atoms with Crippen LogP contribution in [0.2, 0.25) is 0 Å². The zero-order valence-electron chi connectivity index (χ0n) is 23.5. The molecule has 1 aliphatic carbocycles. The molecular formula is C30H27FN6O4S2. The Morgan fingerprint density at radius 2 is 1.93 bits per heavy atom. The highest BCUT2D eigenvalue weighted by Crippen LogP contribution is 2.51. The van der Waals surface area contributed by atoms with E-state index in [0.717, 1.165) is 23.1 Å². The Bertz CT molecular complexity index is 1720. The zero-order valence-corrected chi connectivity index (χ0v) is 25.1. The number of carbonyl (C=O) groups excluding carboxylic acids is 3. The third-order valence-electron chi connectivity index (χ3n) is 7.10. The van der Waals surface area contributed by atoms with Gasteiger partial charge in [-0.25, -0.2) is 9.18 Å². The van der Waals surface area contributed by atoms with E-state index in [-0.39, 0.29) is 40.8 Å². The van der Waals surface area contributed by atoms with E-state index >= 15 is 4.39 Å². The number of carbonyl (C=O) groups is 3. The third kappa shape index (κ3) is 6.02. The molecule has 0 spiro atoms. The molecule has 0 bridgehead atoms. The molecule has 0 fully saturated rings. The van der Waals surface area contributed by atoms with Crippen molar-refractivity contribution in [2.75, 3.05) is 23.1 Å². The zero-order chi connectivity index (χ0) is 30.9. The summed E-state index contributed by atoms with van der Waals surface area (Å²) in [4.78, 5) is 39.4. The maximum atomic E-state index is 15.0. The topological polar surface area (TPSA) is 151 Å². The van der Waals surface area contributed by atoms with Gasteiger partial charge in [0.1, 0.15) is 11.6 Å². The summed E-state index contributed by atoms with van der Waals surface area (Å²) >= 11 is 2.32. The number of aromatic nitrogens is 2. The van der Waals surface area contributed by atoms with Crippen LogP contribution in [-0.2, 0) is 14.3 Å². The number of nitrogens with one attached hydrogen (secondary N) is 1. The van der Waals surface area contributed by atoms with Gasteiger partial charge in [0.05, 0.1) is 36.0 Å². The van der Waals surface area contributed by atoms with Gasteiger partial charge in [0.2, 0.25) is 11.0 Å².